The van der Waals surface area contributed by atoms with Crippen molar-refractivity contribution in [1.82, 2.24) is 5.32 Å². The highest BCUT2D eigenvalue weighted by Gasteiger charge is 2.33. The molecule has 3 heteroatoms. The zero-order chi connectivity index (χ0) is 13.0. The molecule has 1 N–H and O–H groups in total. The maximum atomic E-state index is 5.26. The average Bonchev–Trinajstić information content (AvgIpc) is 2.35. The first kappa shape index (κ1) is 13.4. The molecule has 1 aliphatic heterocycles. The van der Waals surface area contributed by atoms with Gasteiger partial charge in [0, 0.05) is 18.0 Å². The van der Waals surface area contributed by atoms with Crippen molar-refractivity contribution in [2.24, 2.45) is 5.41 Å². The Bertz CT molecular complexity index is 371. The van der Waals surface area contributed by atoms with Gasteiger partial charge in [-0.2, -0.15) is 0 Å². The van der Waals surface area contributed by atoms with E-state index in [0.717, 1.165) is 31.9 Å². The van der Waals surface area contributed by atoms with Crippen molar-refractivity contribution in [3.05, 3.63) is 29.8 Å². The van der Waals surface area contributed by atoms with E-state index in [4.69, 9.17) is 9.47 Å². The monoisotopic (exact) mass is 249 g/mol. The van der Waals surface area contributed by atoms with Crippen molar-refractivity contribution < 1.29 is 9.47 Å². The second-order valence-corrected chi connectivity index (χ2v) is 5.64. The fraction of sp³-hybridized carbons (Fsp3) is 0.600. The molecule has 0 bridgehead atoms. The van der Waals surface area contributed by atoms with E-state index in [-0.39, 0.29) is 0 Å². The number of rotatable bonds is 6. The van der Waals surface area contributed by atoms with Gasteiger partial charge in [-0.15, -0.1) is 0 Å². The topological polar surface area (TPSA) is 30.5 Å². The summed E-state index contributed by atoms with van der Waals surface area (Å²) < 4.78 is 10.4. The predicted octanol–water partition coefficient (Wildman–Crippen LogP) is 2.25. The van der Waals surface area contributed by atoms with E-state index < -0.39 is 0 Å². The maximum Gasteiger partial charge on any atom is 0.118 e. The van der Waals surface area contributed by atoms with Crippen LogP contribution in [-0.4, -0.2) is 32.9 Å². The quantitative estimate of drug-likeness (QED) is 0.839. The fourth-order valence-electron chi connectivity index (χ4n) is 2.16. The molecular weight excluding hydrogens is 226 g/mol. The Kier molecular flexibility index (Phi) is 4.25. The first-order valence-corrected chi connectivity index (χ1v) is 6.55. The van der Waals surface area contributed by atoms with Gasteiger partial charge < -0.3 is 14.8 Å². The van der Waals surface area contributed by atoms with Crippen molar-refractivity contribution in [3.8, 4) is 5.75 Å². The molecule has 1 aliphatic rings. The number of ether oxygens (including phenoxy) is 2. The van der Waals surface area contributed by atoms with E-state index in [1.807, 2.05) is 12.1 Å². The smallest absolute Gasteiger partial charge is 0.118 e. The van der Waals surface area contributed by atoms with Crippen LogP contribution < -0.4 is 10.1 Å². The first-order chi connectivity index (χ1) is 8.61. The minimum absolute atomic E-state index is 0.341. The highest BCUT2D eigenvalue weighted by molar-refractivity contribution is 5.27. The molecule has 3 nitrogen and oxygen atoms in total. The Labute approximate surface area is 109 Å². The minimum Gasteiger partial charge on any atom is -0.497 e. The van der Waals surface area contributed by atoms with Gasteiger partial charge in [-0.1, -0.05) is 19.1 Å². The number of hydrogen-bond donors (Lipinski definition) is 1. The van der Waals surface area contributed by atoms with E-state index in [1.54, 1.807) is 7.11 Å². The number of nitrogens with one attached hydrogen (secondary N) is 1. The van der Waals surface area contributed by atoms with Crippen LogP contribution in [0.1, 0.15) is 19.4 Å². The summed E-state index contributed by atoms with van der Waals surface area (Å²) in [4.78, 5) is 0. The van der Waals surface area contributed by atoms with Gasteiger partial charge >= 0.3 is 0 Å². The van der Waals surface area contributed by atoms with Gasteiger partial charge in [-0.25, -0.2) is 0 Å². The summed E-state index contributed by atoms with van der Waals surface area (Å²) in [6.07, 6.45) is 1.04. The number of benzene rings is 1. The van der Waals surface area contributed by atoms with E-state index in [1.165, 1.54) is 5.56 Å². The van der Waals surface area contributed by atoms with Crippen LogP contribution in [-0.2, 0) is 11.2 Å². The third-order valence-corrected chi connectivity index (χ3v) is 3.48. The van der Waals surface area contributed by atoms with Gasteiger partial charge in [0.25, 0.3) is 0 Å². The third-order valence-electron chi connectivity index (χ3n) is 3.48. The highest BCUT2D eigenvalue weighted by atomic mass is 16.5. The number of hydrogen-bond acceptors (Lipinski definition) is 3. The first-order valence-electron chi connectivity index (χ1n) is 6.55. The lowest BCUT2D eigenvalue weighted by Gasteiger charge is -2.39. The molecule has 0 amide bonds. The normalized spacial score (nSPS) is 19.1. The summed E-state index contributed by atoms with van der Waals surface area (Å²) in [5.41, 5.74) is 1.68. The Hall–Kier alpha value is -1.06. The maximum absolute atomic E-state index is 5.26. The largest absolute Gasteiger partial charge is 0.497 e. The molecule has 1 saturated heterocycles. The van der Waals surface area contributed by atoms with Gasteiger partial charge in [0.1, 0.15) is 5.75 Å². The zero-order valence-electron chi connectivity index (χ0n) is 11.5. The van der Waals surface area contributed by atoms with Crippen LogP contribution >= 0.6 is 0 Å². The Morgan fingerprint density at radius 3 is 2.50 bits per heavy atom. The standard InChI is InChI=1S/C15H23NO2/c1-12(16-9-15(2)10-18-11-15)8-13-4-6-14(17-3)7-5-13/h4-7,12,16H,8-11H2,1-3H3. The Morgan fingerprint density at radius 2 is 2.00 bits per heavy atom. The van der Waals surface area contributed by atoms with Crippen molar-refractivity contribution >= 4 is 0 Å². The zero-order valence-corrected chi connectivity index (χ0v) is 11.5. The molecule has 100 valence electrons. The third kappa shape index (κ3) is 3.47. The second-order valence-electron chi connectivity index (χ2n) is 5.64. The van der Waals surface area contributed by atoms with E-state index in [2.05, 4.69) is 31.3 Å². The van der Waals surface area contributed by atoms with Gasteiger partial charge in [-0.05, 0) is 31.0 Å². The molecule has 1 fully saturated rings. The van der Waals surface area contributed by atoms with Gasteiger partial charge in [-0.3, -0.25) is 0 Å². The van der Waals surface area contributed by atoms with Gasteiger partial charge in [0.2, 0.25) is 0 Å². The lowest BCUT2D eigenvalue weighted by molar-refractivity contribution is -0.0998. The Morgan fingerprint density at radius 1 is 1.33 bits per heavy atom. The molecule has 0 radical (unpaired) electrons. The van der Waals surface area contributed by atoms with Gasteiger partial charge in [0.15, 0.2) is 0 Å². The second kappa shape index (κ2) is 5.72. The van der Waals surface area contributed by atoms with Gasteiger partial charge in [0.05, 0.1) is 20.3 Å². The summed E-state index contributed by atoms with van der Waals surface area (Å²) in [7, 11) is 1.70. The molecule has 1 unspecified atom stereocenters. The molecule has 0 aliphatic carbocycles. The summed E-state index contributed by atoms with van der Waals surface area (Å²) >= 11 is 0. The lowest BCUT2D eigenvalue weighted by atomic mass is 9.88. The molecule has 2 rings (SSSR count). The lowest BCUT2D eigenvalue weighted by Crippen LogP contribution is -2.49. The van der Waals surface area contributed by atoms with E-state index in [0.29, 0.717) is 11.5 Å². The molecule has 0 saturated carbocycles. The van der Waals surface area contributed by atoms with Crippen LogP contribution in [0.2, 0.25) is 0 Å². The van der Waals surface area contributed by atoms with Crippen LogP contribution in [0.25, 0.3) is 0 Å². The van der Waals surface area contributed by atoms with E-state index in [9.17, 15) is 0 Å². The minimum atomic E-state index is 0.341. The molecular formula is C15H23NO2. The van der Waals surface area contributed by atoms with Crippen LogP contribution in [0.15, 0.2) is 24.3 Å². The molecule has 1 atom stereocenters. The summed E-state index contributed by atoms with van der Waals surface area (Å²) in [5, 5.41) is 3.59. The van der Waals surface area contributed by atoms with Crippen LogP contribution in [0, 0.1) is 5.41 Å². The molecule has 1 heterocycles. The number of methoxy groups -OCH3 is 1. The summed E-state index contributed by atoms with van der Waals surface area (Å²) in [6.45, 7) is 7.30. The van der Waals surface area contributed by atoms with Crippen LogP contribution in [0.3, 0.4) is 0 Å². The predicted molar refractivity (Wildman–Crippen MR) is 73.1 cm³/mol. The molecule has 1 aromatic carbocycles. The van der Waals surface area contributed by atoms with E-state index >= 15 is 0 Å². The highest BCUT2D eigenvalue weighted by Crippen LogP contribution is 2.25. The van der Waals surface area contributed by atoms with Crippen LogP contribution in [0.4, 0.5) is 0 Å². The molecule has 0 spiro atoms. The summed E-state index contributed by atoms with van der Waals surface area (Å²) in [5.74, 6) is 0.915. The molecule has 18 heavy (non-hydrogen) atoms. The average molecular weight is 249 g/mol. The molecule has 0 aromatic heterocycles. The van der Waals surface area contributed by atoms with Crippen molar-refractivity contribution in [2.75, 3.05) is 26.9 Å². The SMILES string of the molecule is COc1ccc(CC(C)NCC2(C)COC2)cc1. The Balaban J connectivity index is 1.77. The fourth-order valence-corrected chi connectivity index (χ4v) is 2.16. The van der Waals surface area contributed by atoms with Crippen molar-refractivity contribution in [1.29, 1.82) is 0 Å². The van der Waals surface area contributed by atoms with Crippen molar-refractivity contribution in [3.63, 3.8) is 0 Å². The van der Waals surface area contributed by atoms with Crippen LogP contribution in [0.5, 0.6) is 5.75 Å². The molecule has 1 aromatic rings. The summed E-state index contributed by atoms with van der Waals surface area (Å²) in [6, 6.07) is 8.78. The van der Waals surface area contributed by atoms with Crippen molar-refractivity contribution in [2.45, 2.75) is 26.3 Å².